The highest BCUT2D eigenvalue weighted by Gasteiger charge is 2.07. The van der Waals surface area contributed by atoms with E-state index in [1.165, 1.54) is 0 Å². The van der Waals surface area contributed by atoms with Gasteiger partial charge < -0.3 is 10.3 Å². The first-order valence-electron chi connectivity index (χ1n) is 4.04. The van der Waals surface area contributed by atoms with Crippen LogP contribution in [0.2, 0.25) is 0 Å². The summed E-state index contributed by atoms with van der Waals surface area (Å²) in [7, 11) is 1.90. The van der Waals surface area contributed by atoms with Gasteiger partial charge in [0, 0.05) is 18.6 Å². The van der Waals surface area contributed by atoms with Gasteiger partial charge in [-0.2, -0.15) is 0 Å². The number of para-hydroxylation sites is 1. The first-order valence-corrected chi connectivity index (χ1v) is 4.04. The Hall–Kier alpha value is -1.77. The van der Waals surface area contributed by atoms with Crippen LogP contribution in [0.15, 0.2) is 30.5 Å². The Morgan fingerprint density at radius 3 is 2.85 bits per heavy atom. The molecule has 0 unspecified atom stereocenters. The Labute approximate surface area is 75.8 Å². The Bertz CT molecular complexity index is 471. The summed E-state index contributed by atoms with van der Waals surface area (Å²) in [5, 5.41) is 1.04. The molecule has 0 fully saturated rings. The highest BCUT2D eigenvalue weighted by Crippen LogP contribution is 2.18. The molecule has 1 heterocycles. The summed E-state index contributed by atoms with van der Waals surface area (Å²) in [6.07, 6.45) is 1.91. The maximum Gasteiger partial charge on any atom is 0.250 e. The Morgan fingerprint density at radius 2 is 2.15 bits per heavy atom. The van der Waals surface area contributed by atoms with Gasteiger partial charge >= 0.3 is 0 Å². The number of fused-ring (bicyclic) bond motifs is 1. The van der Waals surface area contributed by atoms with E-state index in [1.54, 1.807) is 6.07 Å². The van der Waals surface area contributed by atoms with E-state index in [2.05, 4.69) is 0 Å². The standard InChI is InChI=1S/C10H10N2O/c1-12-6-5-7-3-2-4-8(9(7)12)10(11)13/h2-6H,1H3,(H2,11,13). The largest absolute Gasteiger partial charge is 0.366 e. The van der Waals surface area contributed by atoms with E-state index >= 15 is 0 Å². The molecule has 0 radical (unpaired) electrons. The summed E-state index contributed by atoms with van der Waals surface area (Å²) >= 11 is 0. The van der Waals surface area contributed by atoms with Crippen LogP contribution in [0.25, 0.3) is 10.9 Å². The molecule has 66 valence electrons. The second-order valence-corrected chi connectivity index (χ2v) is 3.03. The van der Waals surface area contributed by atoms with Gasteiger partial charge in [-0.1, -0.05) is 12.1 Å². The molecule has 1 amide bonds. The van der Waals surface area contributed by atoms with Gasteiger partial charge in [0.15, 0.2) is 0 Å². The molecule has 13 heavy (non-hydrogen) atoms. The summed E-state index contributed by atoms with van der Waals surface area (Å²) in [6.45, 7) is 0. The number of hydrogen-bond donors (Lipinski definition) is 1. The van der Waals surface area contributed by atoms with Crippen molar-refractivity contribution in [3.63, 3.8) is 0 Å². The van der Waals surface area contributed by atoms with E-state index in [9.17, 15) is 4.79 Å². The molecule has 0 aliphatic heterocycles. The smallest absolute Gasteiger partial charge is 0.250 e. The minimum atomic E-state index is -0.382. The van der Waals surface area contributed by atoms with Crippen molar-refractivity contribution in [2.45, 2.75) is 0 Å². The second kappa shape index (κ2) is 2.62. The zero-order chi connectivity index (χ0) is 9.42. The first-order chi connectivity index (χ1) is 6.20. The minimum absolute atomic E-state index is 0.382. The van der Waals surface area contributed by atoms with Crippen LogP contribution in [0, 0.1) is 0 Å². The molecule has 1 aromatic heterocycles. The van der Waals surface area contributed by atoms with Crippen molar-refractivity contribution in [1.29, 1.82) is 0 Å². The maximum atomic E-state index is 11.1. The van der Waals surface area contributed by atoms with Gasteiger partial charge in [-0.05, 0) is 12.1 Å². The fraction of sp³-hybridized carbons (Fsp3) is 0.100. The van der Waals surface area contributed by atoms with Crippen molar-refractivity contribution in [1.82, 2.24) is 4.57 Å². The molecule has 0 atom stereocenters. The molecule has 0 bridgehead atoms. The van der Waals surface area contributed by atoms with Crippen molar-refractivity contribution in [3.8, 4) is 0 Å². The molecule has 0 aliphatic carbocycles. The van der Waals surface area contributed by atoms with Crippen LogP contribution in [0.4, 0.5) is 0 Å². The number of primary amides is 1. The molecule has 2 aromatic rings. The Kier molecular flexibility index (Phi) is 1.59. The number of carbonyl (C=O) groups is 1. The van der Waals surface area contributed by atoms with Crippen LogP contribution in [0.1, 0.15) is 10.4 Å². The average molecular weight is 174 g/mol. The summed E-state index contributed by atoms with van der Waals surface area (Å²) in [6, 6.07) is 7.50. The minimum Gasteiger partial charge on any atom is -0.366 e. The molecule has 0 saturated heterocycles. The van der Waals surface area contributed by atoms with E-state index in [4.69, 9.17) is 5.73 Å². The van der Waals surface area contributed by atoms with Gasteiger partial charge in [-0.25, -0.2) is 0 Å². The lowest BCUT2D eigenvalue weighted by Gasteiger charge is -2.01. The third kappa shape index (κ3) is 1.09. The SMILES string of the molecule is Cn1ccc2cccc(C(N)=O)c21. The quantitative estimate of drug-likeness (QED) is 0.695. The van der Waals surface area contributed by atoms with E-state index in [1.807, 2.05) is 36.0 Å². The van der Waals surface area contributed by atoms with Crippen molar-refractivity contribution in [2.75, 3.05) is 0 Å². The fourth-order valence-corrected chi connectivity index (χ4v) is 1.55. The maximum absolute atomic E-state index is 11.1. The van der Waals surface area contributed by atoms with Crippen molar-refractivity contribution in [3.05, 3.63) is 36.0 Å². The summed E-state index contributed by atoms with van der Waals surface area (Å²) in [5.41, 5.74) is 6.73. The van der Waals surface area contributed by atoms with Gasteiger partial charge in [-0.3, -0.25) is 4.79 Å². The molecule has 3 heteroatoms. The van der Waals surface area contributed by atoms with Gasteiger partial charge in [0.05, 0.1) is 11.1 Å². The molecular formula is C10H10N2O. The predicted octanol–water partition coefficient (Wildman–Crippen LogP) is 1.28. The number of aromatic nitrogens is 1. The number of rotatable bonds is 1. The molecule has 0 saturated carbocycles. The molecule has 1 aromatic carbocycles. The number of nitrogens with two attached hydrogens (primary N) is 1. The third-order valence-corrected chi connectivity index (χ3v) is 2.16. The van der Waals surface area contributed by atoms with E-state index in [0.29, 0.717) is 5.56 Å². The van der Waals surface area contributed by atoms with Crippen molar-refractivity contribution >= 4 is 16.8 Å². The highest BCUT2D eigenvalue weighted by molar-refractivity contribution is 6.05. The molecule has 0 aliphatic rings. The summed E-state index contributed by atoms with van der Waals surface area (Å²) in [5.74, 6) is -0.382. The zero-order valence-electron chi connectivity index (χ0n) is 7.32. The molecular weight excluding hydrogens is 164 g/mol. The van der Waals surface area contributed by atoms with Crippen LogP contribution in [-0.2, 0) is 7.05 Å². The van der Waals surface area contributed by atoms with Crippen molar-refractivity contribution in [2.24, 2.45) is 12.8 Å². The van der Waals surface area contributed by atoms with Crippen LogP contribution < -0.4 is 5.73 Å². The Morgan fingerprint density at radius 1 is 1.38 bits per heavy atom. The lowest BCUT2D eigenvalue weighted by molar-refractivity contribution is 0.100. The number of aryl methyl sites for hydroxylation is 1. The zero-order valence-corrected chi connectivity index (χ0v) is 7.32. The highest BCUT2D eigenvalue weighted by atomic mass is 16.1. The topological polar surface area (TPSA) is 48.0 Å². The molecule has 2 rings (SSSR count). The monoisotopic (exact) mass is 174 g/mol. The van der Waals surface area contributed by atoms with E-state index < -0.39 is 0 Å². The first kappa shape index (κ1) is 7.86. The summed E-state index contributed by atoms with van der Waals surface area (Å²) < 4.78 is 1.90. The summed E-state index contributed by atoms with van der Waals surface area (Å²) in [4.78, 5) is 11.1. The van der Waals surface area contributed by atoms with Gasteiger partial charge in [0.2, 0.25) is 0 Å². The molecule has 0 spiro atoms. The van der Waals surface area contributed by atoms with Crippen molar-refractivity contribution < 1.29 is 4.79 Å². The van der Waals surface area contributed by atoms with E-state index in [-0.39, 0.29) is 5.91 Å². The number of nitrogens with zero attached hydrogens (tertiary/aromatic N) is 1. The number of amides is 1. The van der Waals surface area contributed by atoms with Gasteiger partial charge in [0.25, 0.3) is 5.91 Å². The third-order valence-electron chi connectivity index (χ3n) is 2.16. The number of hydrogen-bond acceptors (Lipinski definition) is 1. The Balaban J connectivity index is 2.88. The van der Waals surface area contributed by atoms with E-state index in [0.717, 1.165) is 10.9 Å². The molecule has 2 N–H and O–H groups in total. The lowest BCUT2D eigenvalue weighted by atomic mass is 10.1. The second-order valence-electron chi connectivity index (χ2n) is 3.03. The van der Waals surface area contributed by atoms with Crippen LogP contribution in [-0.4, -0.2) is 10.5 Å². The van der Waals surface area contributed by atoms with Crippen LogP contribution >= 0.6 is 0 Å². The lowest BCUT2D eigenvalue weighted by Crippen LogP contribution is -2.12. The number of benzene rings is 1. The van der Waals surface area contributed by atoms with Crippen LogP contribution in [0.5, 0.6) is 0 Å². The normalized spacial score (nSPS) is 10.5. The fourth-order valence-electron chi connectivity index (χ4n) is 1.55. The average Bonchev–Trinajstić information content (AvgIpc) is 2.48. The van der Waals surface area contributed by atoms with Gasteiger partial charge in [0.1, 0.15) is 0 Å². The predicted molar refractivity (Wildman–Crippen MR) is 51.4 cm³/mol. The molecule has 3 nitrogen and oxygen atoms in total. The van der Waals surface area contributed by atoms with Crippen LogP contribution in [0.3, 0.4) is 0 Å². The van der Waals surface area contributed by atoms with Gasteiger partial charge in [-0.15, -0.1) is 0 Å². The number of carbonyl (C=O) groups excluding carboxylic acids is 1.